The summed E-state index contributed by atoms with van der Waals surface area (Å²) in [6, 6.07) is 6.97. The molecule has 0 bridgehead atoms. The van der Waals surface area contributed by atoms with E-state index in [1.165, 1.54) is 36.7 Å². The van der Waals surface area contributed by atoms with E-state index in [0.29, 0.717) is 42.0 Å². The molecule has 1 N–H and O–H groups in total. The molecule has 1 aliphatic heterocycles. The number of hydrogen-bond acceptors (Lipinski definition) is 7. The lowest BCUT2D eigenvalue weighted by Gasteiger charge is -2.14. The summed E-state index contributed by atoms with van der Waals surface area (Å²) in [6.07, 6.45) is 1.75. The third-order valence-electron chi connectivity index (χ3n) is 4.28. The zero-order valence-electron chi connectivity index (χ0n) is 14.9. The SMILES string of the molecule is O=[N+]([O-])c1cc2c(Nc3ccc(F)c(Cl)c3)ncnc2cc1O[C@H]1CCOC1.S. The maximum absolute atomic E-state index is 13.4. The predicted molar refractivity (Wildman–Crippen MR) is 111 cm³/mol. The Balaban J connectivity index is 0.00000240. The molecule has 0 amide bonds. The summed E-state index contributed by atoms with van der Waals surface area (Å²) in [4.78, 5) is 19.4. The number of nitrogens with zero attached hydrogens (tertiary/aromatic N) is 3. The van der Waals surface area contributed by atoms with E-state index in [1.807, 2.05) is 0 Å². The second-order valence-electron chi connectivity index (χ2n) is 6.17. The Morgan fingerprint density at radius 2 is 2.14 bits per heavy atom. The minimum atomic E-state index is -0.548. The van der Waals surface area contributed by atoms with Gasteiger partial charge >= 0.3 is 5.69 Å². The first-order valence-corrected chi connectivity index (χ1v) is 8.78. The zero-order chi connectivity index (χ0) is 19.7. The van der Waals surface area contributed by atoms with E-state index in [1.54, 1.807) is 0 Å². The highest BCUT2D eigenvalue weighted by atomic mass is 35.5. The first-order valence-electron chi connectivity index (χ1n) is 8.41. The molecule has 2 heterocycles. The van der Waals surface area contributed by atoms with Crippen LogP contribution in [0.15, 0.2) is 36.7 Å². The average molecular weight is 439 g/mol. The molecule has 152 valence electrons. The fraction of sp³-hybridized carbons (Fsp3) is 0.222. The molecule has 0 aliphatic carbocycles. The van der Waals surface area contributed by atoms with Crippen molar-refractivity contribution in [2.24, 2.45) is 0 Å². The highest BCUT2D eigenvalue weighted by Gasteiger charge is 2.24. The number of ether oxygens (including phenoxy) is 2. The van der Waals surface area contributed by atoms with Gasteiger partial charge in [0, 0.05) is 24.2 Å². The molecule has 3 aromatic rings. The van der Waals surface area contributed by atoms with Crippen LogP contribution in [0.3, 0.4) is 0 Å². The van der Waals surface area contributed by atoms with Crippen LogP contribution in [0.25, 0.3) is 10.9 Å². The van der Waals surface area contributed by atoms with Crippen LogP contribution in [-0.4, -0.2) is 34.2 Å². The summed E-state index contributed by atoms with van der Waals surface area (Å²) < 4.78 is 24.4. The van der Waals surface area contributed by atoms with E-state index < -0.39 is 10.7 Å². The quantitative estimate of drug-likeness (QED) is 0.466. The Hall–Kier alpha value is -2.69. The van der Waals surface area contributed by atoms with Crippen molar-refractivity contribution in [3.05, 3.63) is 57.6 Å². The molecule has 1 fully saturated rings. The zero-order valence-corrected chi connectivity index (χ0v) is 16.6. The van der Waals surface area contributed by atoms with Crippen molar-refractivity contribution in [3.8, 4) is 5.75 Å². The predicted octanol–water partition coefficient (Wildman–Crippen LogP) is 4.35. The Labute approximate surface area is 176 Å². The van der Waals surface area contributed by atoms with Gasteiger partial charge in [-0.2, -0.15) is 13.5 Å². The van der Waals surface area contributed by atoms with Gasteiger partial charge in [0.05, 0.1) is 34.1 Å². The normalized spacial score (nSPS) is 15.7. The Morgan fingerprint density at radius 3 is 2.83 bits per heavy atom. The van der Waals surface area contributed by atoms with Gasteiger partial charge in [-0.3, -0.25) is 10.1 Å². The monoisotopic (exact) mass is 438 g/mol. The van der Waals surface area contributed by atoms with Crippen molar-refractivity contribution < 1.29 is 18.8 Å². The van der Waals surface area contributed by atoms with Crippen LogP contribution in [0.5, 0.6) is 5.75 Å². The largest absolute Gasteiger partial charge is 0.481 e. The highest BCUT2D eigenvalue weighted by molar-refractivity contribution is 7.59. The van der Waals surface area contributed by atoms with Crippen molar-refractivity contribution in [2.75, 3.05) is 18.5 Å². The number of benzene rings is 2. The van der Waals surface area contributed by atoms with Crippen LogP contribution >= 0.6 is 25.1 Å². The smallest absolute Gasteiger partial charge is 0.311 e. The van der Waals surface area contributed by atoms with Crippen molar-refractivity contribution in [3.63, 3.8) is 0 Å². The van der Waals surface area contributed by atoms with Crippen LogP contribution < -0.4 is 10.1 Å². The van der Waals surface area contributed by atoms with Gasteiger partial charge in [-0.05, 0) is 18.2 Å². The molecule has 0 spiro atoms. The van der Waals surface area contributed by atoms with Gasteiger partial charge in [0.25, 0.3) is 0 Å². The fourth-order valence-corrected chi connectivity index (χ4v) is 3.09. The van der Waals surface area contributed by atoms with Crippen LogP contribution in [0.1, 0.15) is 6.42 Å². The van der Waals surface area contributed by atoms with Crippen molar-refractivity contribution in [2.45, 2.75) is 12.5 Å². The van der Waals surface area contributed by atoms with E-state index in [9.17, 15) is 14.5 Å². The van der Waals surface area contributed by atoms with Crippen molar-refractivity contribution in [1.29, 1.82) is 0 Å². The second kappa shape index (κ2) is 8.76. The average Bonchev–Trinajstić information content (AvgIpc) is 3.17. The molecular weight excluding hydrogens is 423 g/mol. The molecule has 1 aliphatic rings. The number of fused-ring (bicyclic) bond motifs is 1. The molecule has 8 nitrogen and oxygen atoms in total. The minimum Gasteiger partial charge on any atom is -0.481 e. The van der Waals surface area contributed by atoms with E-state index in [-0.39, 0.29) is 36.1 Å². The number of rotatable bonds is 5. The number of anilines is 2. The lowest BCUT2D eigenvalue weighted by atomic mass is 10.2. The molecule has 1 atom stereocenters. The van der Waals surface area contributed by atoms with Gasteiger partial charge in [0.15, 0.2) is 5.75 Å². The van der Waals surface area contributed by atoms with Gasteiger partial charge in [-0.15, -0.1) is 0 Å². The van der Waals surface area contributed by atoms with Crippen molar-refractivity contribution in [1.82, 2.24) is 9.97 Å². The summed E-state index contributed by atoms with van der Waals surface area (Å²) in [5, 5.41) is 14.9. The van der Waals surface area contributed by atoms with Crippen LogP contribution in [0.4, 0.5) is 21.6 Å². The molecule has 0 radical (unpaired) electrons. The maximum Gasteiger partial charge on any atom is 0.311 e. The van der Waals surface area contributed by atoms with E-state index >= 15 is 0 Å². The van der Waals surface area contributed by atoms with Crippen LogP contribution in [0, 0.1) is 15.9 Å². The summed E-state index contributed by atoms with van der Waals surface area (Å²) >= 11 is 5.80. The molecule has 29 heavy (non-hydrogen) atoms. The molecule has 1 saturated heterocycles. The number of nitrogens with one attached hydrogen (secondary N) is 1. The van der Waals surface area contributed by atoms with E-state index in [4.69, 9.17) is 21.1 Å². The fourth-order valence-electron chi connectivity index (χ4n) is 2.91. The molecule has 1 aromatic heterocycles. The topological polar surface area (TPSA) is 99.4 Å². The third kappa shape index (κ3) is 4.50. The number of hydrogen-bond donors (Lipinski definition) is 1. The van der Waals surface area contributed by atoms with Crippen LogP contribution in [-0.2, 0) is 4.74 Å². The number of aromatic nitrogens is 2. The third-order valence-corrected chi connectivity index (χ3v) is 4.57. The van der Waals surface area contributed by atoms with Crippen molar-refractivity contribution >= 4 is 53.2 Å². The lowest BCUT2D eigenvalue weighted by Crippen LogP contribution is -2.16. The standard InChI is InChI=1S/C18H14ClFN4O4.H2S/c19-13-5-10(1-2-14(13)20)23-18-12-6-16(24(25)26)17(7-15(12)21-9-22-18)28-11-3-4-27-8-11;/h1-2,5-7,9,11H,3-4,8H2,(H,21,22,23);1H2/t11-;/m0./s1. The summed E-state index contributed by atoms with van der Waals surface area (Å²) in [7, 11) is 0. The van der Waals surface area contributed by atoms with Gasteiger partial charge < -0.3 is 14.8 Å². The Kier molecular flexibility index (Phi) is 6.36. The van der Waals surface area contributed by atoms with Gasteiger partial charge in [0.1, 0.15) is 24.1 Å². The summed E-state index contributed by atoms with van der Waals surface area (Å²) in [6.45, 7) is 0.944. The summed E-state index contributed by atoms with van der Waals surface area (Å²) in [5.74, 6) is -0.0953. The molecular formula is C18H16ClFN4O4S. The van der Waals surface area contributed by atoms with Gasteiger partial charge in [-0.25, -0.2) is 14.4 Å². The molecule has 0 saturated carbocycles. The maximum atomic E-state index is 13.4. The van der Waals surface area contributed by atoms with Gasteiger partial charge in [-0.1, -0.05) is 11.6 Å². The van der Waals surface area contributed by atoms with E-state index in [2.05, 4.69) is 15.3 Å². The minimum absolute atomic E-state index is 0. The van der Waals surface area contributed by atoms with E-state index in [0.717, 1.165) is 0 Å². The first kappa shape index (κ1) is 21.0. The number of nitro benzene ring substituents is 1. The molecule has 4 rings (SSSR count). The molecule has 2 aromatic carbocycles. The summed E-state index contributed by atoms with van der Waals surface area (Å²) in [5.41, 5.74) is 0.747. The number of halogens is 2. The Bertz CT molecular complexity index is 1070. The lowest BCUT2D eigenvalue weighted by molar-refractivity contribution is -0.385. The molecule has 11 heteroatoms. The van der Waals surface area contributed by atoms with Crippen LogP contribution in [0.2, 0.25) is 5.02 Å². The first-order chi connectivity index (χ1) is 13.5. The second-order valence-corrected chi connectivity index (χ2v) is 6.58. The number of nitro groups is 1. The van der Waals surface area contributed by atoms with Gasteiger partial charge in [0.2, 0.25) is 0 Å². The molecule has 0 unspecified atom stereocenters. The highest BCUT2D eigenvalue weighted by Crippen LogP contribution is 2.36. The Morgan fingerprint density at radius 1 is 1.31 bits per heavy atom.